The second-order valence-corrected chi connectivity index (χ2v) is 5.74. The molecule has 2 heteroatoms. The second-order valence-electron chi connectivity index (χ2n) is 5.74. The van der Waals surface area contributed by atoms with Crippen LogP contribution in [0.3, 0.4) is 0 Å². The molecule has 0 radical (unpaired) electrons. The van der Waals surface area contributed by atoms with Crippen LogP contribution >= 0.6 is 0 Å². The van der Waals surface area contributed by atoms with E-state index in [9.17, 15) is 4.79 Å². The van der Waals surface area contributed by atoms with Crippen molar-refractivity contribution in [2.24, 2.45) is 5.92 Å². The molecule has 1 heterocycles. The van der Waals surface area contributed by atoms with Crippen LogP contribution in [-0.4, -0.2) is 23.3 Å². The molecular weight excluding hydrogens is 222 g/mol. The molecule has 1 aliphatic heterocycles. The molecule has 1 unspecified atom stereocenters. The molecule has 1 aromatic carbocycles. The Morgan fingerprint density at radius 1 is 1.22 bits per heavy atom. The zero-order valence-corrected chi connectivity index (χ0v) is 11.8. The average Bonchev–Trinajstić information content (AvgIpc) is 2.36. The zero-order chi connectivity index (χ0) is 13.3. The van der Waals surface area contributed by atoms with Gasteiger partial charge in [0.15, 0.2) is 5.78 Å². The number of rotatable bonds is 3. The monoisotopic (exact) mass is 245 g/mol. The van der Waals surface area contributed by atoms with E-state index in [1.807, 2.05) is 19.9 Å². The van der Waals surface area contributed by atoms with Crippen molar-refractivity contribution in [3.63, 3.8) is 0 Å². The van der Waals surface area contributed by atoms with Gasteiger partial charge in [0.25, 0.3) is 0 Å². The first kappa shape index (κ1) is 13.3. The van der Waals surface area contributed by atoms with Crippen LogP contribution in [0, 0.1) is 5.92 Å². The molecule has 0 saturated carbocycles. The van der Waals surface area contributed by atoms with Gasteiger partial charge in [0.2, 0.25) is 0 Å². The Morgan fingerprint density at radius 2 is 1.89 bits per heavy atom. The van der Waals surface area contributed by atoms with Crippen LogP contribution < -0.4 is 0 Å². The Kier molecular flexibility index (Phi) is 3.86. The lowest BCUT2D eigenvalue weighted by Gasteiger charge is -2.39. The summed E-state index contributed by atoms with van der Waals surface area (Å²) in [5, 5.41) is 0. The van der Waals surface area contributed by atoms with Gasteiger partial charge in [0, 0.05) is 18.5 Å². The number of nitrogens with zero attached hydrogens (tertiary/aromatic N) is 1. The number of hydrogen-bond donors (Lipinski definition) is 0. The average molecular weight is 245 g/mol. The smallest absolute Gasteiger partial charge is 0.157 e. The summed E-state index contributed by atoms with van der Waals surface area (Å²) in [7, 11) is 0. The van der Waals surface area contributed by atoms with E-state index < -0.39 is 0 Å². The fourth-order valence-corrected chi connectivity index (χ4v) is 2.77. The minimum Gasteiger partial charge on any atom is -0.297 e. The molecule has 0 saturated heterocycles. The van der Waals surface area contributed by atoms with Crippen molar-refractivity contribution in [3.05, 3.63) is 35.4 Å². The highest BCUT2D eigenvalue weighted by molar-refractivity contribution is 5.87. The predicted molar refractivity (Wildman–Crippen MR) is 74.6 cm³/mol. The largest absolute Gasteiger partial charge is 0.297 e. The topological polar surface area (TPSA) is 20.3 Å². The third-order valence-corrected chi connectivity index (χ3v) is 3.82. The quantitative estimate of drug-likeness (QED) is 0.815. The Balaban J connectivity index is 2.44. The summed E-state index contributed by atoms with van der Waals surface area (Å²) in [6.07, 6.45) is 1.05. The van der Waals surface area contributed by atoms with E-state index in [4.69, 9.17) is 0 Å². The maximum Gasteiger partial charge on any atom is 0.157 e. The second kappa shape index (κ2) is 5.23. The van der Waals surface area contributed by atoms with Crippen molar-refractivity contribution in [1.82, 2.24) is 4.90 Å². The van der Waals surface area contributed by atoms with Gasteiger partial charge in [-0.25, -0.2) is 0 Å². The van der Waals surface area contributed by atoms with Crippen molar-refractivity contribution < 1.29 is 4.79 Å². The van der Waals surface area contributed by atoms with Crippen LogP contribution in [0.2, 0.25) is 0 Å². The molecule has 0 bridgehead atoms. The van der Waals surface area contributed by atoms with Gasteiger partial charge in [0.05, 0.1) is 6.04 Å². The van der Waals surface area contributed by atoms with Gasteiger partial charge in [-0.3, -0.25) is 9.69 Å². The van der Waals surface area contributed by atoms with E-state index in [2.05, 4.69) is 36.9 Å². The first-order valence-corrected chi connectivity index (χ1v) is 6.89. The summed E-state index contributed by atoms with van der Waals surface area (Å²) in [6, 6.07) is 8.76. The maximum atomic E-state index is 12.5. The van der Waals surface area contributed by atoms with E-state index in [0.717, 1.165) is 13.0 Å². The van der Waals surface area contributed by atoms with E-state index in [1.165, 1.54) is 11.1 Å². The molecule has 1 aliphatic rings. The molecule has 2 rings (SSSR count). The van der Waals surface area contributed by atoms with Gasteiger partial charge in [-0.1, -0.05) is 38.1 Å². The first-order chi connectivity index (χ1) is 8.52. The van der Waals surface area contributed by atoms with Crippen molar-refractivity contribution in [3.8, 4) is 0 Å². The van der Waals surface area contributed by atoms with Crippen LogP contribution in [0.4, 0.5) is 0 Å². The van der Waals surface area contributed by atoms with Gasteiger partial charge in [-0.2, -0.15) is 0 Å². The molecule has 0 amide bonds. The lowest BCUT2D eigenvalue weighted by Crippen LogP contribution is -2.44. The number of carbonyl (C=O) groups excluding carboxylic acids is 1. The molecule has 0 aromatic heterocycles. The van der Waals surface area contributed by atoms with E-state index >= 15 is 0 Å². The minimum atomic E-state index is -0.0463. The lowest BCUT2D eigenvalue weighted by atomic mass is 9.86. The van der Waals surface area contributed by atoms with Crippen LogP contribution in [0.5, 0.6) is 0 Å². The maximum absolute atomic E-state index is 12.5. The van der Waals surface area contributed by atoms with Gasteiger partial charge >= 0.3 is 0 Å². The summed E-state index contributed by atoms with van der Waals surface area (Å²) in [5.74, 6) is 0.429. The standard InChI is InChI=1S/C16H23NO/c1-11(2)16(18)15-14-8-6-5-7-13(14)9-10-17(15)12(3)4/h5-8,11-12,15H,9-10H2,1-4H3. The van der Waals surface area contributed by atoms with Crippen LogP contribution in [-0.2, 0) is 11.2 Å². The molecule has 18 heavy (non-hydrogen) atoms. The fourth-order valence-electron chi connectivity index (χ4n) is 2.77. The highest BCUT2D eigenvalue weighted by atomic mass is 16.1. The first-order valence-electron chi connectivity index (χ1n) is 6.89. The van der Waals surface area contributed by atoms with Gasteiger partial charge in [0.1, 0.15) is 0 Å². The molecule has 98 valence electrons. The molecule has 2 nitrogen and oxygen atoms in total. The zero-order valence-electron chi connectivity index (χ0n) is 11.8. The fraction of sp³-hybridized carbons (Fsp3) is 0.562. The molecule has 1 aromatic rings. The summed E-state index contributed by atoms with van der Waals surface area (Å²) in [6.45, 7) is 9.33. The van der Waals surface area contributed by atoms with Crippen LogP contribution in [0.25, 0.3) is 0 Å². The molecule has 0 N–H and O–H groups in total. The van der Waals surface area contributed by atoms with Crippen molar-refractivity contribution in [2.75, 3.05) is 6.54 Å². The highest BCUT2D eigenvalue weighted by Crippen LogP contribution is 2.33. The SMILES string of the molecule is CC(C)C(=O)C1c2ccccc2CCN1C(C)C. The van der Waals surface area contributed by atoms with E-state index in [1.54, 1.807) is 0 Å². The van der Waals surface area contributed by atoms with E-state index in [0.29, 0.717) is 11.8 Å². The number of ketones is 1. The summed E-state index contributed by atoms with van der Waals surface area (Å²) < 4.78 is 0. The molecular formula is C16H23NO. The lowest BCUT2D eigenvalue weighted by molar-refractivity contribution is -0.128. The Bertz CT molecular complexity index is 436. The predicted octanol–water partition coefficient (Wildman–Crippen LogP) is 3.22. The van der Waals surface area contributed by atoms with Crippen LogP contribution in [0.1, 0.15) is 44.9 Å². The number of hydrogen-bond acceptors (Lipinski definition) is 2. The van der Waals surface area contributed by atoms with Crippen molar-refractivity contribution >= 4 is 5.78 Å². The van der Waals surface area contributed by atoms with Crippen LogP contribution in [0.15, 0.2) is 24.3 Å². The van der Waals surface area contributed by atoms with Crippen molar-refractivity contribution in [2.45, 2.75) is 46.2 Å². The summed E-state index contributed by atoms with van der Waals surface area (Å²) in [4.78, 5) is 14.9. The van der Waals surface area contributed by atoms with E-state index in [-0.39, 0.29) is 12.0 Å². The summed E-state index contributed by atoms with van der Waals surface area (Å²) in [5.41, 5.74) is 2.56. The third-order valence-electron chi connectivity index (χ3n) is 3.82. The highest BCUT2D eigenvalue weighted by Gasteiger charge is 2.34. The summed E-state index contributed by atoms with van der Waals surface area (Å²) >= 11 is 0. The number of Topliss-reactive ketones (excluding diaryl/α,β-unsaturated/α-hetero) is 1. The third kappa shape index (κ3) is 2.35. The number of carbonyl (C=O) groups is 1. The molecule has 0 spiro atoms. The molecule has 0 aliphatic carbocycles. The van der Waals surface area contributed by atoms with Gasteiger partial charge in [-0.05, 0) is 31.4 Å². The van der Waals surface area contributed by atoms with Crippen molar-refractivity contribution in [1.29, 1.82) is 0 Å². The Morgan fingerprint density at radius 3 is 2.50 bits per heavy atom. The number of fused-ring (bicyclic) bond motifs is 1. The normalized spacial score (nSPS) is 20.2. The molecule has 1 atom stereocenters. The minimum absolute atomic E-state index is 0.0463. The van der Waals surface area contributed by atoms with Gasteiger partial charge < -0.3 is 0 Å². The Hall–Kier alpha value is -1.15. The molecule has 0 fully saturated rings. The van der Waals surface area contributed by atoms with Gasteiger partial charge in [-0.15, -0.1) is 0 Å². The number of benzene rings is 1. The Labute approximate surface area is 110 Å².